The molecule has 0 aliphatic heterocycles. The van der Waals surface area contributed by atoms with Crippen molar-refractivity contribution >= 4 is 18.4 Å². The minimum Gasteiger partial charge on any atom is -0.481 e. The van der Waals surface area contributed by atoms with Crippen molar-refractivity contribution in [3.8, 4) is 0 Å². The molecule has 0 amide bonds. The van der Waals surface area contributed by atoms with E-state index < -0.39 is 5.97 Å². The number of nitrogens with one attached hydrogen (secondary N) is 1. The first kappa shape index (κ1) is 12.7. The van der Waals surface area contributed by atoms with Gasteiger partial charge in [-0.1, -0.05) is 6.92 Å². The quantitative estimate of drug-likeness (QED) is 0.463. The Morgan fingerprint density at radius 2 is 2.15 bits per heavy atom. The normalized spacial score (nSPS) is 33.5. The fraction of sp³-hybridized carbons (Fsp3) is 0.875. The topological polar surface area (TPSA) is 75.3 Å². The van der Waals surface area contributed by atoms with Crippen molar-refractivity contribution in [2.45, 2.75) is 32.2 Å². The predicted molar refractivity (Wildman–Crippen MR) is 52.5 cm³/mol. The molecular weight excluding hydrogens is 192 g/mol. The standard InChI is InChI=1S/C8H16N2O2.ClH/c1-5-4-6(10-9)2-3-7(5)8(11)12;/h5-7,10H,2-4,9H2,1H3,(H,11,12);1H. The molecule has 3 unspecified atom stereocenters. The third-order valence-corrected chi connectivity index (χ3v) is 2.72. The Morgan fingerprint density at radius 3 is 2.54 bits per heavy atom. The summed E-state index contributed by atoms with van der Waals surface area (Å²) in [7, 11) is 0. The van der Waals surface area contributed by atoms with E-state index in [-0.39, 0.29) is 24.2 Å². The van der Waals surface area contributed by atoms with Gasteiger partial charge in [-0.2, -0.15) is 0 Å². The van der Waals surface area contributed by atoms with E-state index >= 15 is 0 Å². The van der Waals surface area contributed by atoms with Crippen LogP contribution in [0, 0.1) is 11.8 Å². The number of hydrazine groups is 1. The highest BCUT2D eigenvalue weighted by Gasteiger charge is 2.31. The average molecular weight is 209 g/mol. The lowest BCUT2D eigenvalue weighted by atomic mass is 9.78. The van der Waals surface area contributed by atoms with Gasteiger partial charge >= 0.3 is 5.97 Å². The Labute approximate surface area is 84.3 Å². The first-order valence-electron chi connectivity index (χ1n) is 4.34. The number of carboxylic acids is 1. The minimum absolute atomic E-state index is 0. The zero-order valence-electron chi connectivity index (χ0n) is 7.69. The summed E-state index contributed by atoms with van der Waals surface area (Å²) in [5.41, 5.74) is 2.70. The zero-order chi connectivity index (χ0) is 9.14. The molecule has 3 atom stereocenters. The maximum atomic E-state index is 10.7. The van der Waals surface area contributed by atoms with Crippen LogP contribution in [-0.2, 0) is 4.79 Å². The minimum atomic E-state index is -0.669. The monoisotopic (exact) mass is 208 g/mol. The lowest BCUT2D eigenvalue weighted by Crippen LogP contribution is -2.42. The summed E-state index contributed by atoms with van der Waals surface area (Å²) in [5, 5.41) is 8.82. The highest BCUT2D eigenvalue weighted by molar-refractivity contribution is 5.85. The molecule has 4 N–H and O–H groups in total. The van der Waals surface area contributed by atoms with Crippen LogP contribution in [-0.4, -0.2) is 17.1 Å². The lowest BCUT2D eigenvalue weighted by molar-refractivity contribution is -0.144. The Kier molecular flexibility index (Phi) is 5.29. The number of carboxylic acid groups (broad SMARTS) is 1. The molecule has 13 heavy (non-hydrogen) atoms. The molecule has 0 spiro atoms. The number of aliphatic carboxylic acids is 1. The van der Waals surface area contributed by atoms with Crippen molar-refractivity contribution in [3.63, 3.8) is 0 Å². The predicted octanol–water partition coefficient (Wildman–Crippen LogP) is 0.761. The van der Waals surface area contributed by atoms with E-state index in [1.165, 1.54) is 0 Å². The van der Waals surface area contributed by atoms with Gasteiger partial charge in [-0.05, 0) is 25.2 Å². The summed E-state index contributed by atoms with van der Waals surface area (Å²) in [4.78, 5) is 10.7. The van der Waals surface area contributed by atoms with E-state index in [1.807, 2.05) is 6.92 Å². The number of carbonyl (C=O) groups is 1. The van der Waals surface area contributed by atoms with Gasteiger partial charge in [0.2, 0.25) is 0 Å². The van der Waals surface area contributed by atoms with Crippen LogP contribution in [0.3, 0.4) is 0 Å². The van der Waals surface area contributed by atoms with Gasteiger partial charge in [-0.25, -0.2) is 0 Å². The van der Waals surface area contributed by atoms with Gasteiger partial charge in [0, 0.05) is 6.04 Å². The third kappa shape index (κ3) is 3.14. The molecule has 1 fully saturated rings. The molecule has 5 heteroatoms. The smallest absolute Gasteiger partial charge is 0.306 e. The number of halogens is 1. The second-order valence-corrected chi connectivity index (χ2v) is 3.60. The molecular formula is C8H17ClN2O2. The van der Waals surface area contributed by atoms with Crippen LogP contribution in [0.2, 0.25) is 0 Å². The van der Waals surface area contributed by atoms with Crippen LogP contribution < -0.4 is 11.3 Å². The van der Waals surface area contributed by atoms with Gasteiger partial charge in [0.1, 0.15) is 0 Å². The molecule has 0 saturated heterocycles. The van der Waals surface area contributed by atoms with Gasteiger partial charge in [0.15, 0.2) is 0 Å². The molecule has 0 radical (unpaired) electrons. The fourth-order valence-corrected chi connectivity index (χ4v) is 1.91. The lowest BCUT2D eigenvalue weighted by Gasteiger charge is -2.31. The molecule has 0 aromatic carbocycles. The summed E-state index contributed by atoms with van der Waals surface area (Å²) >= 11 is 0. The van der Waals surface area contributed by atoms with Crippen molar-refractivity contribution in [2.75, 3.05) is 0 Å². The molecule has 1 rings (SSSR count). The van der Waals surface area contributed by atoms with Crippen molar-refractivity contribution in [2.24, 2.45) is 17.7 Å². The Bertz CT molecular complexity index is 178. The maximum absolute atomic E-state index is 10.7. The summed E-state index contributed by atoms with van der Waals surface area (Å²) < 4.78 is 0. The van der Waals surface area contributed by atoms with E-state index in [1.54, 1.807) is 0 Å². The van der Waals surface area contributed by atoms with E-state index in [0.29, 0.717) is 6.04 Å². The van der Waals surface area contributed by atoms with Gasteiger partial charge in [-0.15, -0.1) is 12.4 Å². The van der Waals surface area contributed by atoms with E-state index in [4.69, 9.17) is 10.9 Å². The van der Waals surface area contributed by atoms with E-state index in [0.717, 1.165) is 19.3 Å². The van der Waals surface area contributed by atoms with Crippen LogP contribution in [0.1, 0.15) is 26.2 Å². The zero-order valence-corrected chi connectivity index (χ0v) is 8.51. The largest absolute Gasteiger partial charge is 0.481 e. The van der Waals surface area contributed by atoms with Crippen LogP contribution in [0.4, 0.5) is 0 Å². The van der Waals surface area contributed by atoms with Gasteiger partial charge in [0.25, 0.3) is 0 Å². The van der Waals surface area contributed by atoms with Gasteiger partial charge in [-0.3, -0.25) is 16.1 Å². The summed E-state index contributed by atoms with van der Waals surface area (Å²) in [6.07, 6.45) is 2.48. The van der Waals surface area contributed by atoms with Gasteiger partial charge < -0.3 is 5.11 Å². The second-order valence-electron chi connectivity index (χ2n) is 3.60. The average Bonchev–Trinajstić information content (AvgIpc) is 2.03. The van der Waals surface area contributed by atoms with Crippen LogP contribution in [0.5, 0.6) is 0 Å². The van der Waals surface area contributed by atoms with Crippen LogP contribution >= 0.6 is 12.4 Å². The first-order chi connectivity index (χ1) is 5.65. The second kappa shape index (κ2) is 5.42. The van der Waals surface area contributed by atoms with Gasteiger partial charge in [0.05, 0.1) is 5.92 Å². The fourth-order valence-electron chi connectivity index (χ4n) is 1.91. The molecule has 78 valence electrons. The molecule has 4 nitrogen and oxygen atoms in total. The van der Waals surface area contributed by atoms with Crippen molar-refractivity contribution in [1.82, 2.24) is 5.43 Å². The highest BCUT2D eigenvalue weighted by atomic mass is 35.5. The summed E-state index contributed by atoms with van der Waals surface area (Å²) in [6, 6.07) is 0.301. The molecule has 0 aromatic heterocycles. The highest BCUT2D eigenvalue weighted by Crippen LogP contribution is 2.29. The molecule has 1 saturated carbocycles. The Hall–Kier alpha value is -0.320. The van der Waals surface area contributed by atoms with Crippen LogP contribution in [0.25, 0.3) is 0 Å². The number of hydrogen-bond donors (Lipinski definition) is 3. The maximum Gasteiger partial charge on any atom is 0.306 e. The first-order valence-corrected chi connectivity index (χ1v) is 4.34. The number of hydrogen-bond acceptors (Lipinski definition) is 3. The molecule has 0 bridgehead atoms. The Balaban J connectivity index is 0.00000144. The van der Waals surface area contributed by atoms with Crippen molar-refractivity contribution in [3.05, 3.63) is 0 Å². The van der Waals surface area contributed by atoms with Crippen LogP contribution in [0.15, 0.2) is 0 Å². The molecule has 0 aromatic rings. The summed E-state index contributed by atoms with van der Waals surface area (Å²) in [5.74, 6) is 4.68. The van der Waals surface area contributed by atoms with Crippen molar-refractivity contribution in [1.29, 1.82) is 0 Å². The van der Waals surface area contributed by atoms with E-state index in [2.05, 4.69) is 5.43 Å². The molecule has 0 heterocycles. The SMILES string of the molecule is CC1CC(NN)CCC1C(=O)O.Cl. The molecule has 1 aliphatic rings. The number of nitrogens with two attached hydrogens (primary N) is 1. The van der Waals surface area contributed by atoms with Crippen molar-refractivity contribution < 1.29 is 9.90 Å². The molecule has 1 aliphatic carbocycles. The third-order valence-electron chi connectivity index (χ3n) is 2.72. The van der Waals surface area contributed by atoms with E-state index in [9.17, 15) is 4.79 Å². The Morgan fingerprint density at radius 1 is 1.54 bits per heavy atom. The number of rotatable bonds is 2. The summed E-state index contributed by atoms with van der Waals surface area (Å²) in [6.45, 7) is 1.97.